The van der Waals surface area contributed by atoms with Crippen LogP contribution in [0.2, 0.25) is 0 Å². The summed E-state index contributed by atoms with van der Waals surface area (Å²) in [5, 5.41) is 8.16. The van der Waals surface area contributed by atoms with Crippen molar-refractivity contribution >= 4 is 47.1 Å². The van der Waals surface area contributed by atoms with Crippen LogP contribution in [0.1, 0.15) is 63.3 Å². The predicted molar refractivity (Wildman–Crippen MR) is 146 cm³/mol. The van der Waals surface area contributed by atoms with Crippen molar-refractivity contribution in [2.45, 2.75) is 63.8 Å². The van der Waals surface area contributed by atoms with Crippen LogP contribution in [0.5, 0.6) is 0 Å². The second kappa shape index (κ2) is 14.0. The summed E-state index contributed by atoms with van der Waals surface area (Å²) in [7, 11) is 0. The fraction of sp³-hybridized carbons (Fsp3) is 0.519. The molecular formula is C27H34ClFN4O4S. The Morgan fingerprint density at radius 1 is 1.24 bits per heavy atom. The van der Waals surface area contributed by atoms with Crippen LogP contribution in [-0.2, 0) is 25.7 Å². The van der Waals surface area contributed by atoms with E-state index in [0.717, 1.165) is 24.1 Å². The van der Waals surface area contributed by atoms with E-state index in [0.29, 0.717) is 44.6 Å². The van der Waals surface area contributed by atoms with Gasteiger partial charge in [0, 0.05) is 49.7 Å². The molecule has 0 spiro atoms. The highest BCUT2D eigenvalue weighted by atomic mass is 35.5. The number of likely N-dealkylation sites (tertiary alicyclic amines) is 1. The minimum absolute atomic E-state index is 0. The lowest BCUT2D eigenvalue weighted by Gasteiger charge is -2.38. The zero-order chi connectivity index (χ0) is 26.4. The number of carbonyl (C=O) groups is 3. The molecule has 1 saturated carbocycles. The van der Waals surface area contributed by atoms with Crippen molar-refractivity contribution in [1.29, 1.82) is 0 Å². The Labute approximate surface area is 232 Å². The number of piperidine rings is 1. The molecule has 2 fully saturated rings. The Hall–Kier alpha value is -2.56. The molecule has 206 valence electrons. The third-order valence-electron chi connectivity index (χ3n) is 6.64. The lowest BCUT2D eigenvalue weighted by Crippen LogP contribution is -2.43. The minimum atomic E-state index is -0.659. The Balaban J connectivity index is 0.00000400. The molecule has 0 radical (unpaired) electrons. The molecule has 2 heterocycles. The van der Waals surface area contributed by atoms with Gasteiger partial charge in [-0.1, -0.05) is 35.2 Å². The van der Waals surface area contributed by atoms with Gasteiger partial charge in [0.05, 0.1) is 24.5 Å². The topological polar surface area (TPSA) is 94.4 Å². The average Bonchev–Trinajstić information content (AvgIpc) is 3.63. The molecule has 1 aromatic heterocycles. The monoisotopic (exact) mass is 564 g/mol. The SMILES string of the molecule is CCOC(=O)CCCn1nncc1C=C1CN(C(C(=O)C2CC2)c2ccccc2F)CCC1SC(C)=O.Cl. The van der Waals surface area contributed by atoms with Crippen LogP contribution in [-0.4, -0.2) is 61.7 Å². The summed E-state index contributed by atoms with van der Waals surface area (Å²) in [5.41, 5.74) is 2.12. The van der Waals surface area contributed by atoms with Gasteiger partial charge in [-0.2, -0.15) is 0 Å². The van der Waals surface area contributed by atoms with Crippen LogP contribution in [0.3, 0.4) is 0 Å². The van der Waals surface area contributed by atoms with Gasteiger partial charge in [-0.3, -0.25) is 19.3 Å². The molecular weight excluding hydrogens is 531 g/mol. The number of ketones is 1. The quantitative estimate of drug-likeness (QED) is 0.364. The maximum atomic E-state index is 14.9. The third-order valence-corrected chi connectivity index (χ3v) is 7.79. The molecule has 1 aliphatic heterocycles. The van der Waals surface area contributed by atoms with Gasteiger partial charge in [0.25, 0.3) is 0 Å². The van der Waals surface area contributed by atoms with Crippen molar-refractivity contribution in [3.8, 4) is 0 Å². The standard InChI is InChI=1S/C27H33FN4O4S.ClH/c1-3-36-25(34)9-6-13-32-21(16-29-30-32)15-20-17-31(14-12-24(20)37-18(2)33)26(27(35)19-10-11-19)22-7-4-5-8-23(22)28;/h4-5,7-8,15-16,19,24,26H,3,6,9-14,17H2,1-2H3;1H. The molecule has 2 aromatic rings. The van der Waals surface area contributed by atoms with E-state index in [2.05, 4.69) is 10.3 Å². The highest BCUT2D eigenvalue weighted by Crippen LogP contribution is 2.40. The fourth-order valence-corrected chi connectivity index (χ4v) is 5.66. The number of hydrogen-bond acceptors (Lipinski definition) is 8. The van der Waals surface area contributed by atoms with Gasteiger partial charge in [0.1, 0.15) is 5.82 Å². The first-order valence-electron chi connectivity index (χ1n) is 12.8. The number of halogens is 2. The van der Waals surface area contributed by atoms with Crippen molar-refractivity contribution in [3.05, 3.63) is 53.1 Å². The van der Waals surface area contributed by atoms with E-state index in [1.807, 2.05) is 11.0 Å². The second-order valence-electron chi connectivity index (χ2n) is 9.47. The largest absolute Gasteiger partial charge is 0.466 e. The van der Waals surface area contributed by atoms with E-state index in [4.69, 9.17) is 4.74 Å². The number of ether oxygens (including phenoxy) is 1. The number of Topliss-reactive ketones (excluding diaryl/α,β-unsaturated/α-hetero) is 1. The first-order chi connectivity index (χ1) is 17.9. The fourth-order valence-electron chi connectivity index (χ4n) is 4.74. The first-order valence-corrected chi connectivity index (χ1v) is 13.7. The van der Waals surface area contributed by atoms with Gasteiger partial charge < -0.3 is 4.74 Å². The van der Waals surface area contributed by atoms with Gasteiger partial charge >= 0.3 is 5.97 Å². The number of hydrogen-bond donors (Lipinski definition) is 0. The van der Waals surface area contributed by atoms with Gasteiger partial charge in [-0.15, -0.1) is 17.5 Å². The predicted octanol–water partition coefficient (Wildman–Crippen LogP) is 4.64. The average molecular weight is 565 g/mol. The smallest absolute Gasteiger partial charge is 0.305 e. The molecule has 2 unspecified atom stereocenters. The number of aromatic nitrogens is 3. The summed E-state index contributed by atoms with van der Waals surface area (Å²) in [4.78, 5) is 39.1. The summed E-state index contributed by atoms with van der Waals surface area (Å²) in [5.74, 6) is -0.585. The van der Waals surface area contributed by atoms with E-state index in [1.54, 1.807) is 42.9 Å². The number of esters is 1. The van der Waals surface area contributed by atoms with Crippen molar-refractivity contribution in [3.63, 3.8) is 0 Å². The summed E-state index contributed by atoms with van der Waals surface area (Å²) in [6.07, 6.45) is 6.81. The summed E-state index contributed by atoms with van der Waals surface area (Å²) < 4.78 is 21.6. The first kappa shape index (κ1) is 30.0. The molecule has 4 rings (SSSR count). The Kier molecular flexibility index (Phi) is 11.1. The molecule has 1 aliphatic carbocycles. The van der Waals surface area contributed by atoms with Crippen LogP contribution in [0.15, 0.2) is 36.0 Å². The van der Waals surface area contributed by atoms with E-state index < -0.39 is 6.04 Å². The molecule has 38 heavy (non-hydrogen) atoms. The number of nitrogens with zero attached hydrogens (tertiary/aromatic N) is 4. The third kappa shape index (κ3) is 7.74. The van der Waals surface area contributed by atoms with Crippen molar-refractivity contribution < 1.29 is 23.5 Å². The Morgan fingerprint density at radius 2 is 2.00 bits per heavy atom. The number of rotatable bonds is 11. The van der Waals surface area contributed by atoms with Gasteiger partial charge in [0.2, 0.25) is 0 Å². The minimum Gasteiger partial charge on any atom is -0.466 e. The van der Waals surface area contributed by atoms with Crippen LogP contribution in [0, 0.1) is 11.7 Å². The maximum absolute atomic E-state index is 14.9. The van der Waals surface area contributed by atoms with Gasteiger partial charge in [-0.05, 0) is 50.3 Å². The van der Waals surface area contributed by atoms with Crippen molar-refractivity contribution in [2.24, 2.45) is 5.92 Å². The number of carbonyl (C=O) groups excluding carboxylic acids is 3. The second-order valence-corrected chi connectivity index (χ2v) is 10.8. The van der Waals surface area contributed by atoms with E-state index in [-0.39, 0.29) is 52.7 Å². The summed E-state index contributed by atoms with van der Waals surface area (Å²) >= 11 is 1.27. The van der Waals surface area contributed by atoms with Crippen molar-refractivity contribution in [2.75, 3.05) is 19.7 Å². The maximum Gasteiger partial charge on any atom is 0.305 e. The molecule has 0 N–H and O–H groups in total. The highest BCUT2D eigenvalue weighted by Gasteiger charge is 2.41. The lowest BCUT2D eigenvalue weighted by atomic mass is 9.93. The van der Waals surface area contributed by atoms with Crippen molar-refractivity contribution in [1.82, 2.24) is 19.9 Å². The molecule has 11 heteroatoms. The van der Waals surface area contributed by atoms with Crippen LogP contribution in [0.25, 0.3) is 6.08 Å². The molecule has 0 bridgehead atoms. The normalized spacial score (nSPS) is 19.6. The molecule has 1 saturated heterocycles. The zero-order valence-corrected chi connectivity index (χ0v) is 23.3. The van der Waals surface area contributed by atoms with Crippen LogP contribution < -0.4 is 0 Å². The number of aryl methyl sites for hydroxylation is 1. The molecule has 1 aromatic carbocycles. The Bertz CT molecular complexity index is 1170. The number of benzene rings is 1. The summed E-state index contributed by atoms with van der Waals surface area (Å²) in [6.45, 7) is 5.17. The molecule has 2 atom stereocenters. The van der Waals surface area contributed by atoms with Gasteiger partial charge in [0.15, 0.2) is 10.9 Å². The summed E-state index contributed by atoms with van der Waals surface area (Å²) in [6, 6.07) is 5.84. The van der Waals surface area contributed by atoms with E-state index in [9.17, 15) is 18.8 Å². The zero-order valence-electron chi connectivity index (χ0n) is 21.7. The molecule has 2 aliphatic rings. The highest BCUT2D eigenvalue weighted by molar-refractivity contribution is 8.14. The lowest BCUT2D eigenvalue weighted by molar-refractivity contribution is -0.143. The molecule has 8 nitrogen and oxygen atoms in total. The van der Waals surface area contributed by atoms with Gasteiger partial charge in [-0.25, -0.2) is 9.07 Å². The van der Waals surface area contributed by atoms with Crippen LogP contribution >= 0.6 is 24.2 Å². The van der Waals surface area contributed by atoms with E-state index in [1.165, 1.54) is 17.8 Å². The van der Waals surface area contributed by atoms with Crippen LogP contribution in [0.4, 0.5) is 4.39 Å². The number of thioether (sulfide) groups is 1. The Morgan fingerprint density at radius 3 is 2.68 bits per heavy atom. The van der Waals surface area contributed by atoms with E-state index >= 15 is 0 Å². The molecule has 0 amide bonds.